The first-order valence-electron chi connectivity index (χ1n) is 21.0. The standard InChI is InChI=1S/C59H39N3/c1-6-17-40(18-7-1)49-35-50(41-19-8-2-9-20-41)37-51(36-49)57-39-56(44-25-14-5-15-26-44)61-59(62-57)48-28-16-27-45(34-48)46-29-31-52-47(33-46)30-32-54-58(52)53(42-21-10-3-11-22-42)38-55(60-54)43-23-12-4-13-24-43/h1-39H. The molecule has 0 fully saturated rings. The summed E-state index contributed by atoms with van der Waals surface area (Å²) in [5, 5.41) is 3.48. The Kier molecular flexibility index (Phi) is 9.53. The molecule has 0 atom stereocenters. The van der Waals surface area contributed by atoms with Gasteiger partial charge < -0.3 is 0 Å². The minimum absolute atomic E-state index is 0.675. The molecule has 3 nitrogen and oxygen atoms in total. The molecule has 0 saturated heterocycles. The van der Waals surface area contributed by atoms with Crippen LogP contribution in [-0.4, -0.2) is 15.0 Å². The Morgan fingerprint density at radius 2 is 0.694 bits per heavy atom. The van der Waals surface area contributed by atoms with Crippen molar-refractivity contribution < 1.29 is 0 Å². The topological polar surface area (TPSA) is 38.7 Å². The van der Waals surface area contributed by atoms with Gasteiger partial charge in [0.15, 0.2) is 5.82 Å². The van der Waals surface area contributed by atoms with Gasteiger partial charge in [-0.2, -0.15) is 0 Å². The molecule has 0 saturated carbocycles. The number of hydrogen-bond donors (Lipinski definition) is 0. The molecular weight excluding hydrogens is 751 g/mol. The van der Waals surface area contributed by atoms with E-state index >= 15 is 0 Å². The number of hydrogen-bond acceptors (Lipinski definition) is 3. The zero-order chi connectivity index (χ0) is 41.2. The van der Waals surface area contributed by atoms with Crippen LogP contribution in [0.1, 0.15) is 0 Å². The first kappa shape index (κ1) is 36.8. The van der Waals surface area contributed by atoms with Crippen LogP contribution in [0.15, 0.2) is 237 Å². The Balaban J connectivity index is 1.03. The maximum absolute atomic E-state index is 5.34. The van der Waals surface area contributed by atoms with Gasteiger partial charge in [-0.05, 0) is 104 Å². The maximum atomic E-state index is 5.34. The van der Waals surface area contributed by atoms with Crippen LogP contribution in [0.5, 0.6) is 0 Å². The van der Waals surface area contributed by atoms with Crippen LogP contribution in [0.4, 0.5) is 0 Å². The Morgan fingerprint density at radius 1 is 0.242 bits per heavy atom. The Morgan fingerprint density at radius 3 is 1.29 bits per heavy atom. The Bertz CT molecular complexity index is 3310. The molecule has 0 radical (unpaired) electrons. The summed E-state index contributed by atoms with van der Waals surface area (Å²) in [5.74, 6) is 0.675. The van der Waals surface area contributed by atoms with Crippen LogP contribution in [-0.2, 0) is 0 Å². The number of fused-ring (bicyclic) bond motifs is 3. The van der Waals surface area contributed by atoms with E-state index in [2.05, 4.69) is 224 Å². The lowest BCUT2D eigenvalue weighted by Crippen LogP contribution is -1.97. The monoisotopic (exact) mass is 789 g/mol. The molecule has 2 heterocycles. The summed E-state index contributed by atoms with van der Waals surface area (Å²) in [6, 6.07) is 83.5. The Labute approximate surface area is 361 Å². The van der Waals surface area contributed by atoms with Crippen molar-refractivity contribution >= 4 is 21.7 Å². The summed E-state index contributed by atoms with van der Waals surface area (Å²) in [4.78, 5) is 15.8. The van der Waals surface area contributed by atoms with E-state index in [9.17, 15) is 0 Å². The molecule has 0 spiro atoms. The SMILES string of the molecule is c1ccc(-c2cc(-c3ccccc3)cc(-c3cc(-c4ccccc4)nc(-c4cccc(-c5ccc6c(ccc7nc(-c8ccccc8)cc(-c8ccccc8)c76)c5)c4)n3)c2)cc1. The summed E-state index contributed by atoms with van der Waals surface area (Å²) < 4.78 is 0. The summed E-state index contributed by atoms with van der Waals surface area (Å²) >= 11 is 0. The summed E-state index contributed by atoms with van der Waals surface area (Å²) in [6.07, 6.45) is 0. The van der Waals surface area contributed by atoms with E-state index in [1.54, 1.807) is 0 Å². The second kappa shape index (κ2) is 16.1. The molecular formula is C59H39N3. The highest BCUT2D eigenvalue weighted by Gasteiger charge is 2.16. The van der Waals surface area contributed by atoms with E-state index in [-0.39, 0.29) is 0 Å². The highest BCUT2D eigenvalue weighted by Crippen LogP contribution is 2.39. The minimum Gasteiger partial charge on any atom is -0.248 e. The number of pyridine rings is 1. The smallest absolute Gasteiger partial charge is 0.160 e. The van der Waals surface area contributed by atoms with E-state index in [0.717, 1.165) is 89.0 Å². The normalized spacial score (nSPS) is 11.2. The second-order valence-corrected chi connectivity index (χ2v) is 15.6. The molecule has 0 bridgehead atoms. The lowest BCUT2D eigenvalue weighted by Gasteiger charge is -2.14. The quantitative estimate of drug-likeness (QED) is 0.144. The van der Waals surface area contributed by atoms with Crippen molar-refractivity contribution in [2.24, 2.45) is 0 Å². The van der Waals surface area contributed by atoms with Crippen LogP contribution in [0.25, 0.3) is 111 Å². The molecule has 0 unspecified atom stereocenters. The van der Waals surface area contributed by atoms with Gasteiger partial charge in [0.2, 0.25) is 0 Å². The molecule has 0 amide bonds. The molecule has 9 aromatic carbocycles. The first-order valence-corrected chi connectivity index (χ1v) is 21.0. The highest BCUT2D eigenvalue weighted by molar-refractivity contribution is 6.14. The highest BCUT2D eigenvalue weighted by atomic mass is 14.9. The van der Waals surface area contributed by atoms with E-state index < -0.39 is 0 Å². The van der Waals surface area contributed by atoms with Crippen LogP contribution < -0.4 is 0 Å². The molecule has 290 valence electrons. The van der Waals surface area contributed by atoms with Gasteiger partial charge in [-0.1, -0.05) is 188 Å². The van der Waals surface area contributed by atoms with Gasteiger partial charge in [-0.15, -0.1) is 0 Å². The van der Waals surface area contributed by atoms with Gasteiger partial charge in [0.05, 0.1) is 22.6 Å². The summed E-state index contributed by atoms with van der Waals surface area (Å²) in [6.45, 7) is 0. The Hall–Kier alpha value is -8.27. The fourth-order valence-corrected chi connectivity index (χ4v) is 8.54. The minimum atomic E-state index is 0.675. The summed E-state index contributed by atoms with van der Waals surface area (Å²) in [7, 11) is 0. The molecule has 62 heavy (non-hydrogen) atoms. The second-order valence-electron chi connectivity index (χ2n) is 15.6. The van der Waals surface area contributed by atoms with Gasteiger partial charge in [0, 0.05) is 27.6 Å². The van der Waals surface area contributed by atoms with Crippen molar-refractivity contribution in [3.8, 4) is 89.7 Å². The van der Waals surface area contributed by atoms with E-state index in [1.165, 1.54) is 16.5 Å². The molecule has 0 aliphatic carbocycles. The zero-order valence-corrected chi connectivity index (χ0v) is 33.9. The van der Waals surface area contributed by atoms with Crippen molar-refractivity contribution in [2.45, 2.75) is 0 Å². The number of benzene rings is 9. The third-order valence-electron chi connectivity index (χ3n) is 11.6. The molecule has 0 aliphatic rings. The van der Waals surface area contributed by atoms with E-state index in [4.69, 9.17) is 15.0 Å². The van der Waals surface area contributed by atoms with Gasteiger partial charge >= 0.3 is 0 Å². The molecule has 11 aromatic rings. The fraction of sp³-hybridized carbons (Fsp3) is 0. The molecule has 3 heteroatoms. The van der Waals surface area contributed by atoms with Gasteiger partial charge in [-0.3, -0.25) is 0 Å². The fourth-order valence-electron chi connectivity index (χ4n) is 8.54. The van der Waals surface area contributed by atoms with Gasteiger partial charge in [0.25, 0.3) is 0 Å². The van der Waals surface area contributed by atoms with Crippen LogP contribution >= 0.6 is 0 Å². The van der Waals surface area contributed by atoms with Crippen LogP contribution in [0.2, 0.25) is 0 Å². The lowest BCUT2D eigenvalue weighted by atomic mass is 9.92. The number of aromatic nitrogens is 3. The van der Waals surface area contributed by atoms with Crippen molar-refractivity contribution in [3.63, 3.8) is 0 Å². The molecule has 0 N–H and O–H groups in total. The average molecular weight is 790 g/mol. The first-order chi connectivity index (χ1) is 30.7. The van der Waals surface area contributed by atoms with Crippen LogP contribution in [0, 0.1) is 0 Å². The van der Waals surface area contributed by atoms with Crippen molar-refractivity contribution in [1.29, 1.82) is 0 Å². The van der Waals surface area contributed by atoms with Crippen molar-refractivity contribution in [3.05, 3.63) is 237 Å². The average Bonchev–Trinajstić information content (AvgIpc) is 3.37. The molecule has 2 aromatic heterocycles. The molecule has 11 rings (SSSR count). The third-order valence-corrected chi connectivity index (χ3v) is 11.6. The van der Waals surface area contributed by atoms with Gasteiger partial charge in [-0.25, -0.2) is 15.0 Å². The predicted molar refractivity (Wildman–Crippen MR) is 258 cm³/mol. The lowest BCUT2D eigenvalue weighted by molar-refractivity contribution is 1.18. The largest absolute Gasteiger partial charge is 0.248 e. The third kappa shape index (κ3) is 7.23. The van der Waals surface area contributed by atoms with E-state index in [0.29, 0.717) is 5.82 Å². The maximum Gasteiger partial charge on any atom is 0.160 e. The van der Waals surface area contributed by atoms with Crippen LogP contribution in [0.3, 0.4) is 0 Å². The number of rotatable bonds is 8. The van der Waals surface area contributed by atoms with Crippen molar-refractivity contribution in [2.75, 3.05) is 0 Å². The van der Waals surface area contributed by atoms with Gasteiger partial charge in [0.1, 0.15) is 0 Å². The molecule has 0 aliphatic heterocycles. The van der Waals surface area contributed by atoms with E-state index in [1.807, 2.05) is 12.1 Å². The summed E-state index contributed by atoms with van der Waals surface area (Å²) in [5.41, 5.74) is 16.9. The van der Waals surface area contributed by atoms with Crippen molar-refractivity contribution in [1.82, 2.24) is 15.0 Å². The zero-order valence-electron chi connectivity index (χ0n) is 33.9. The number of nitrogens with zero attached hydrogens (tertiary/aromatic N) is 3. The predicted octanol–water partition coefficient (Wildman–Crippen LogP) is 15.5.